The first kappa shape index (κ1) is 15.4. The average molecular weight is 309 g/mol. The van der Waals surface area contributed by atoms with E-state index in [1.165, 1.54) is 6.42 Å². The molecule has 1 aromatic heterocycles. The van der Waals surface area contributed by atoms with E-state index in [2.05, 4.69) is 9.88 Å². The lowest BCUT2D eigenvalue weighted by atomic mass is 10.1. The standard InChI is InChI=1S/C13H16ClF3N2O/c14-11-8-10(13(15,16)17)9-12(18-11)20-7-6-19-4-2-1-3-5-19/h8-9H,1-7H2. The second kappa shape index (κ2) is 6.63. The normalized spacial score (nSPS) is 17.2. The second-order valence-corrected chi connectivity index (χ2v) is 5.15. The topological polar surface area (TPSA) is 25.4 Å². The van der Waals surface area contributed by atoms with Gasteiger partial charge in [-0.25, -0.2) is 4.98 Å². The van der Waals surface area contributed by atoms with Gasteiger partial charge in [-0.3, -0.25) is 4.90 Å². The van der Waals surface area contributed by atoms with Crippen LogP contribution in [0.1, 0.15) is 24.8 Å². The zero-order chi connectivity index (χ0) is 14.6. The van der Waals surface area contributed by atoms with Crippen molar-refractivity contribution in [3.8, 4) is 5.88 Å². The molecule has 1 aromatic rings. The number of rotatable bonds is 4. The van der Waals surface area contributed by atoms with Crippen LogP contribution >= 0.6 is 11.6 Å². The fourth-order valence-electron chi connectivity index (χ4n) is 2.17. The third kappa shape index (κ3) is 4.52. The van der Waals surface area contributed by atoms with Crippen LogP contribution in [-0.2, 0) is 6.18 Å². The molecule has 7 heteroatoms. The molecule has 0 radical (unpaired) electrons. The van der Waals surface area contributed by atoms with Crippen LogP contribution in [0.5, 0.6) is 5.88 Å². The van der Waals surface area contributed by atoms with E-state index < -0.39 is 11.7 Å². The van der Waals surface area contributed by atoms with Crippen molar-refractivity contribution < 1.29 is 17.9 Å². The van der Waals surface area contributed by atoms with Crippen LogP contribution in [-0.4, -0.2) is 36.1 Å². The zero-order valence-electron chi connectivity index (χ0n) is 10.9. The maximum Gasteiger partial charge on any atom is 0.416 e. The Morgan fingerprint density at radius 3 is 2.55 bits per heavy atom. The highest BCUT2D eigenvalue weighted by molar-refractivity contribution is 6.29. The Morgan fingerprint density at radius 1 is 1.20 bits per heavy atom. The number of pyridine rings is 1. The molecule has 3 nitrogen and oxygen atoms in total. The van der Waals surface area contributed by atoms with E-state index in [1.54, 1.807) is 0 Å². The molecule has 0 saturated carbocycles. The van der Waals surface area contributed by atoms with Gasteiger partial charge < -0.3 is 4.74 Å². The maximum atomic E-state index is 12.6. The summed E-state index contributed by atoms with van der Waals surface area (Å²) in [6, 6.07) is 1.67. The molecule has 0 amide bonds. The number of hydrogen-bond donors (Lipinski definition) is 0. The van der Waals surface area contributed by atoms with Gasteiger partial charge in [0.1, 0.15) is 11.8 Å². The maximum absolute atomic E-state index is 12.6. The van der Waals surface area contributed by atoms with E-state index >= 15 is 0 Å². The van der Waals surface area contributed by atoms with Crippen molar-refractivity contribution in [2.75, 3.05) is 26.2 Å². The van der Waals surface area contributed by atoms with Gasteiger partial charge in [0, 0.05) is 12.6 Å². The second-order valence-electron chi connectivity index (χ2n) is 4.77. The van der Waals surface area contributed by atoms with Crippen LogP contribution in [0.4, 0.5) is 13.2 Å². The summed E-state index contributed by atoms with van der Waals surface area (Å²) < 4.78 is 43.1. The van der Waals surface area contributed by atoms with Gasteiger partial charge in [0.25, 0.3) is 0 Å². The molecule has 1 saturated heterocycles. The van der Waals surface area contributed by atoms with E-state index in [0.717, 1.165) is 38.1 Å². The molecule has 2 heterocycles. The average Bonchev–Trinajstić information content (AvgIpc) is 2.38. The number of piperidine rings is 1. The van der Waals surface area contributed by atoms with Gasteiger partial charge in [0.05, 0.1) is 5.56 Å². The van der Waals surface area contributed by atoms with E-state index in [1.807, 2.05) is 0 Å². The Labute approximate surface area is 120 Å². The molecule has 20 heavy (non-hydrogen) atoms. The Bertz CT molecular complexity index is 448. The summed E-state index contributed by atoms with van der Waals surface area (Å²) in [7, 11) is 0. The van der Waals surface area contributed by atoms with Gasteiger partial charge in [0.15, 0.2) is 0 Å². The fourth-order valence-corrected chi connectivity index (χ4v) is 2.37. The Balaban J connectivity index is 1.90. The lowest BCUT2D eigenvalue weighted by Crippen LogP contribution is -2.33. The van der Waals surface area contributed by atoms with Gasteiger partial charge in [-0.1, -0.05) is 18.0 Å². The van der Waals surface area contributed by atoms with Crippen molar-refractivity contribution in [2.45, 2.75) is 25.4 Å². The third-order valence-electron chi connectivity index (χ3n) is 3.20. The van der Waals surface area contributed by atoms with Crippen molar-refractivity contribution in [3.05, 3.63) is 22.8 Å². The Morgan fingerprint density at radius 2 is 1.90 bits per heavy atom. The van der Waals surface area contributed by atoms with Crippen LogP contribution in [0.25, 0.3) is 0 Å². The van der Waals surface area contributed by atoms with E-state index in [4.69, 9.17) is 16.3 Å². The molecule has 0 aromatic carbocycles. The molecular weight excluding hydrogens is 293 g/mol. The van der Waals surface area contributed by atoms with Crippen LogP contribution < -0.4 is 4.74 Å². The number of nitrogens with zero attached hydrogens (tertiary/aromatic N) is 2. The highest BCUT2D eigenvalue weighted by Crippen LogP contribution is 2.32. The van der Waals surface area contributed by atoms with E-state index in [9.17, 15) is 13.2 Å². The van der Waals surface area contributed by atoms with Crippen LogP contribution in [0, 0.1) is 0 Å². The minimum absolute atomic E-state index is 0.0816. The summed E-state index contributed by atoms with van der Waals surface area (Å²) in [5.74, 6) is -0.0816. The first-order chi connectivity index (χ1) is 9.45. The molecule has 0 spiro atoms. The monoisotopic (exact) mass is 308 g/mol. The van der Waals surface area contributed by atoms with E-state index in [0.29, 0.717) is 13.2 Å². The highest BCUT2D eigenvalue weighted by Gasteiger charge is 2.31. The molecule has 1 aliphatic heterocycles. The number of ether oxygens (including phenoxy) is 1. The lowest BCUT2D eigenvalue weighted by Gasteiger charge is -2.26. The molecule has 0 aliphatic carbocycles. The lowest BCUT2D eigenvalue weighted by molar-refractivity contribution is -0.137. The molecular formula is C13H16ClF3N2O. The van der Waals surface area contributed by atoms with Crippen molar-refractivity contribution >= 4 is 11.6 Å². The minimum atomic E-state index is -4.45. The van der Waals surface area contributed by atoms with Gasteiger partial charge in [0.2, 0.25) is 5.88 Å². The smallest absolute Gasteiger partial charge is 0.416 e. The van der Waals surface area contributed by atoms with E-state index in [-0.39, 0.29) is 11.0 Å². The number of alkyl halides is 3. The molecule has 112 valence electrons. The largest absolute Gasteiger partial charge is 0.476 e. The van der Waals surface area contributed by atoms with Gasteiger partial charge in [-0.05, 0) is 32.0 Å². The molecule has 0 N–H and O–H groups in total. The highest BCUT2D eigenvalue weighted by atomic mass is 35.5. The van der Waals surface area contributed by atoms with Crippen LogP contribution in [0.15, 0.2) is 12.1 Å². The van der Waals surface area contributed by atoms with Crippen molar-refractivity contribution in [3.63, 3.8) is 0 Å². The molecule has 1 fully saturated rings. The summed E-state index contributed by atoms with van der Waals surface area (Å²) in [6.45, 7) is 3.03. The number of hydrogen-bond acceptors (Lipinski definition) is 3. The van der Waals surface area contributed by atoms with Crippen LogP contribution in [0.2, 0.25) is 5.15 Å². The molecule has 0 unspecified atom stereocenters. The predicted molar refractivity (Wildman–Crippen MR) is 70.0 cm³/mol. The molecule has 1 aliphatic rings. The summed E-state index contributed by atoms with van der Waals surface area (Å²) in [6.07, 6.45) is -0.888. The van der Waals surface area contributed by atoms with Crippen molar-refractivity contribution in [2.24, 2.45) is 0 Å². The molecule has 0 atom stereocenters. The third-order valence-corrected chi connectivity index (χ3v) is 3.40. The number of halogens is 4. The SMILES string of the molecule is FC(F)(F)c1cc(Cl)nc(OCCN2CCCCC2)c1. The minimum Gasteiger partial charge on any atom is -0.476 e. The number of likely N-dealkylation sites (tertiary alicyclic amines) is 1. The van der Waals surface area contributed by atoms with Crippen molar-refractivity contribution in [1.82, 2.24) is 9.88 Å². The Hall–Kier alpha value is -1.01. The van der Waals surface area contributed by atoms with Gasteiger partial charge >= 0.3 is 6.18 Å². The first-order valence-electron chi connectivity index (χ1n) is 6.55. The first-order valence-corrected chi connectivity index (χ1v) is 6.93. The van der Waals surface area contributed by atoms with Crippen LogP contribution in [0.3, 0.4) is 0 Å². The summed E-state index contributed by atoms with van der Waals surface area (Å²) in [5, 5.41) is -0.215. The number of aromatic nitrogens is 1. The van der Waals surface area contributed by atoms with Crippen molar-refractivity contribution in [1.29, 1.82) is 0 Å². The summed E-state index contributed by atoms with van der Waals surface area (Å²) >= 11 is 5.58. The van der Waals surface area contributed by atoms with Gasteiger partial charge in [-0.15, -0.1) is 0 Å². The zero-order valence-corrected chi connectivity index (χ0v) is 11.7. The molecule has 0 bridgehead atoms. The summed E-state index contributed by atoms with van der Waals surface area (Å²) in [4.78, 5) is 5.99. The quantitative estimate of drug-likeness (QED) is 0.794. The summed E-state index contributed by atoms with van der Waals surface area (Å²) in [5.41, 5.74) is -0.842. The predicted octanol–water partition coefficient (Wildman–Crippen LogP) is 3.62. The molecule has 2 rings (SSSR count). The fraction of sp³-hybridized carbons (Fsp3) is 0.615. The Kier molecular flexibility index (Phi) is 5.10. The van der Waals surface area contributed by atoms with Gasteiger partial charge in [-0.2, -0.15) is 13.2 Å².